The lowest BCUT2D eigenvalue weighted by Gasteiger charge is -2.24. The summed E-state index contributed by atoms with van der Waals surface area (Å²) in [6.45, 7) is 9.81. The number of carbonyl (C=O) groups is 1. The lowest BCUT2D eigenvalue weighted by atomic mass is 10.1. The quantitative estimate of drug-likeness (QED) is 0.725. The molecule has 0 aromatic heterocycles. The number of carbonyl (C=O) groups excluding carboxylic acids is 1. The van der Waals surface area contributed by atoms with Gasteiger partial charge < -0.3 is 24.4 Å². The molecule has 0 spiro atoms. The zero-order valence-electron chi connectivity index (χ0n) is 13.8. The maximum absolute atomic E-state index is 11.7. The van der Waals surface area contributed by atoms with E-state index in [0.717, 1.165) is 25.9 Å². The molecule has 1 heterocycles. The van der Waals surface area contributed by atoms with Crippen LogP contribution in [0.15, 0.2) is 0 Å². The van der Waals surface area contributed by atoms with Gasteiger partial charge in [0.05, 0.1) is 25.9 Å². The molecule has 0 aromatic carbocycles. The number of nitrogens with zero attached hydrogens (tertiary/aromatic N) is 1. The first kappa shape index (κ1) is 18.2. The van der Waals surface area contributed by atoms with Gasteiger partial charge in [-0.3, -0.25) is 0 Å². The van der Waals surface area contributed by atoms with Crippen LogP contribution in [0.3, 0.4) is 0 Å². The van der Waals surface area contributed by atoms with E-state index in [1.807, 2.05) is 20.8 Å². The number of piperidine rings is 1. The molecule has 1 saturated heterocycles. The second-order valence-electron chi connectivity index (χ2n) is 6.33. The van der Waals surface area contributed by atoms with Gasteiger partial charge in [-0.25, -0.2) is 4.79 Å². The number of amides is 1. The molecule has 21 heavy (non-hydrogen) atoms. The number of likely N-dealkylation sites (N-methyl/N-ethyl adjacent to an activating group) is 1. The van der Waals surface area contributed by atoms with Crippen molar-refractivity contribution < 1.29 is 19.0 Å². The van der Waals surface area contributed by atoms with Gasteiger partial charge in [0.15, 0.2) is 0 Å². The molecule has 0 aromatic rings. The molecular weight excluding hydrogens is 272 g/mol. The number of hydrogen-bond donors (Lipinski definition) is 1. The van der Waals surface area contributed by atoms with Crippen molar-refractivity contribution in [3.63, 3.8) is 0 Å². The third-order valence-electron chi connectivity index (χ3n) is 3.14. The number of rotatable bonds is 7. The Hall–Kier alpha value is -0.850. The van der Waals surface area contributed by atoms with Crippen LogP contribution >= 0.6 is 0 Å². The summed E-state index contributed by atoms with van der Waals surface area (Å²) in [6.07, 6.45) is 2.18. The Labute approximate surface area is 128 Å². The summed E-state index contributed by atoms with van der Waals surface area (Å²) in [5.41, 5.74) is -0.463. The van der Waals surface area contributed by atoms with E-state index in [0.29, 0.717) is 32.5 Å². The second-order valence-corrected chi connectivity index (χ2v) is 6.33. The minimum Gasteiger partial charge on any atom is -0.444 e. The maximum Gasteiger partial charge on any atom is 0.410 e. The van der Waals surface area contributed by atoms with E-state index in [1.165, 1.54) is 4.90 Å². The smallest absolute Gasteiger partial charge is 0.410 e. The molecule has 1 aliphatic heterocycles. The van der Waals surface area contributed by atoms with Gasteiger partial charge in [0, 0.05) is 13.6 Å². The maximum atomic E-state index is 11.7. The molecule has 1 fully saturated rings. The largest absolute Gasteiger partial charge is 0.444 e. The molecule has 1 rings (SSSR count). The van der Waals surface area contributed by atoms with Crippen molar-refractivity contribution in [3.8, 4) is 0 Å². The summed E-state index contributed by atoms with van der Waals surface area (Å²) in [6, 6.07) is 0. The normalized spacial score (nSPS) is 16.8. The zero-order valence-corrected chi connectivity index (χ0v) is 13.8. The van der Waals surface area contributed by atoms with E-state index >= 15 is 0 Å². The van der Waals surface area contributed by atoms with Crippen molar-refractivity contribution >= 4 is 6.09 Å². The van der Waals surface area contributed by atoms with Crippen LogP contribution in [0.4, 0.5) is 4.79 Å². The zero-order chi connectivity index (χ0) is 15.7. The standard InChI is InChI=1S/C15H30N2O4/c1-15(2,3)21-14(18)17(4)9-10-19-11-12-20-13-5-7-16-8-6-13/h13,16H,5-12H2,1-4H3. The fourth-order valence-corrected chi connectivity index (χ4v) is 1.97. The Morgan fingerprint density at radius 3 is 2.48 bits per heavy atom. The molecule has 0 radical (unpaired) electrons. The van der Waals surface area contributed by atoms with E-state index in [9.17, 15) is 4.79 Å². The van der Waals surface area contributed by atoms with Gasteiger partial charge in [0.2, 0.25) is 0 Å². The Bertz CT molecular complexity index is 299. The highest BCUT2D eigenvalue weighted by Gasteiger charge is 2.19. The summed E-state index contributed by atoms with van der Waals surface area (Å²) in [5.74, 6) is 0. The van der Waals surface area contributed by atoms with Gasteiger partial charge in [0.25, 0.3) is 0 Å². The molecule has 0 unspecified atom stereocenters. The van der Waals surface area contributed by atoms with Crippen molar-refractivity contribution in [2.24, 2.45) is 0 Å². The van der Waals surface area contributed by atoms with E-state index in [2.05, 4.69) is 5.32 Å². The molecule has 1 amide bonds. The molecule has 1 aliphatic rings. The van der Waals surface area contributed by atoms with Gasteiger partial charge in [-0.1, -0.05) is 0 Å². The van der Waals surface area contributed by atoms with Crippen LogP contribution in [0.1, 0.15) is 33.6 Å². The Balaban J connectivity index is 1.99. The van der Waals surface area contributed by atoms with Crippen molar-refractivity contribution in [1.29, 1.82) is 0 Å². The molecule has 1 N–H and O–H groups in total. The molecule has 0 saturated carbocycles. The summed E-state index contributed by atoms with van der Waals surface area (Å²) < 4.78 is 16.5. The van der Waals surface area contributed by atoms with E-state index in [4.69, 9.17) is 14.2 Å². The van der Waals surface area contributed by atoms with Gasteiger partial charge in [-0.2, -0.15) is 0 Å². The van der Waals surface area contributed by atoms with Gasteiger partial charge in [-0.05, 0) is 46.7 Å². The van der Waals surface area contributed by atoms with E-state index < -0.39 is 5.60 Å². The monoisotopic (exact) mass is 302 g/mol. The van der Waals surface area contributed by atoms with E-state index in [1.54, 1.807) is 7.05 Å². The van der Waals surface area contributed by atoms with Gasteiger partial charge in [-0.15, -0.1) is 0 Å². The summed E-state index contributed by atoms with van der Waals surface area (Å²) in [5, 5.41) is 3.30. The lowest BCUT2D eigenvalue weighted by molar-refractivity contribution is -0.0122. The predicted octanol–water partition coefficient (Wildman–Crippen LogP) is 1.64. The van der Waals surface area contributed by atoms with E-state index in [-0.39, 0.29) is 6.09 Å². The van der Waals surface area contributed by atoms with Crippen LogP contribution < -0.4 is 5.32 Å². The van der Waals surface area contributed by atoms with Crippen LogP contribution in [-0.4, -0.2) is 69.2 Å². The minimum absolute atomic E-state index is 0.322. The average molecular weight is 302 g/mol. The molecule has 0 atom stereocenters. The molecule has 0 aliphatic carbocycles. The third kappa shape index (κ3) is 8.90. The van der Waals surface area contributed by atoms with Crippen LogP contribution in [-0.2, 0) is 14.2 Å². The predicted molar refractivity (Wildman–Crippen MR) is 81.5 cm³/mol. The summed E-state index contributed by atoms with van der Waals surface area (Å²) in [7, 11) is 1.71. The summed E-state index contributed by atoms with van der Waals surface area (Å²) >= 11 is 0. The third-order valence-corrected chi connectivity index (χ3v) is 3.14. The molecule has 124 valence electrons. The Morgan fingerprint density at radius 1 is 1.19 bits per heavy atom. The lowest BCUT2D eigenvalue weighted by Crippen LogP contribution is -2.36. The van der Waals surface area contributed by atoms with Crippen molar-refractivity contribution in [2.75, 3.05) is 46.5 Å². The second kappa shape index (κ2) is 9.23. The highest BCUT2D eigenvalue weighted by molar-refractivity contribution is 5.67. The van der Waals surface area contributed by atoms with Crippen molar-refractivity contribution in [2.45, 2.75) is 45.3 Å². The van der Waals surface area contributed by atoms with Gasteiger partial charge >= 0.3 is 6.09 Å². The first-order chi connectivity index (χ1) is 9.88. The fourth-order valence-electron chi connectivity index (χ4n) is 1.97. The summed E-state index contributed by atoms with van der Waals surface area (Å²) in [4.78, 5) is 13.2. The number of nitrogens with one attached hydrogen (secondary N) is 1. The van der Waals surface area contributed by atoms with Crippen LogP contribution in [0.2, 0.25) is 0 Å². The average Bonchev–Trinajstić information content (AvgIpc) is 2.41. The Kier molecular flexibility index (Phi) is 8.00. The minimum atomic E-state index is -0.463. The molecule has 6 nitrogen and oxygen atoms in total. The Morgan fingerprint density at radius 2 is 1.86 bits per heavy atom. The van der Waals surface area contributed by atoms with Crippen molar-refractivity contribution in [3.05, 3.63) is 0 Å². The topological polar surface area (TPSA) is 60.0 Å². The number of hydrogen-bond acceptors (Lipinski definition) is 5. The molecular formula is C15H30N2O4. The highest BCUT2D eigenvalue weighted by atomic mass is 16.6. The first-order valence-electron chi connectivity index (χ1n) is 7.72. The van der Waals surface area contributed by atoms with Crippen LogP contribution in [0.25, 0.3) is 0 Å². The molecule has 0 bridgehead atoms. The fraction of sp³-hybridized carbons (Fsp3) is 0.933. The first-order valence-corrected chi connectivity index (χ1v) is 7.72. The van der Waals surface area contributed by atoms with Crippen molar-refractivity contribution in [1.82, 2.24) is 10.2 Å². The number of ether oxygens (including phenoxy) is 3. The highest BCUT2D eigenvalue weighted by Crippen LogP contribution is 2.09. The van der Waals surface area contributed by atoms with Crippen LogP contribution in [0, 0.1) is 0 Å². The molecule has 6 heteroatoms. The van der Waals surface area contributed by atoms with Crippen LogP contribution in [0.5, 0.6) is 0 Å². The SMILES string of the molecule is CN(CCOCCOC1CCNCC1)C(=O)OC(C)(C)C. The van der Waals surface area contributed by atoms with Gasteiger partial charge in [0.1, 0.15) is 5.60 Å².